The van der Waals surface area contributed by atoms with Crippen molar-refractivity contribution in [3.63, 3.8) is 0 Å². The number of hydrogen-bond acceptors (Lipinski definition) is 4. The number of amides is 1. The van der Waals surface area contributed by atoms with Gasteiger partial charge in [-0.2, -0.15) is 0 Å². The number of rotatable bonds is 2. The van der Waals surface area contributed by atoms with Gasteiger partial charge in [0, 0.05) is 18.0 Å². The largest absolute Gasteiger partial charge is 0.469 e. The molecule has 20 heavy (non-hydrogen) atoms. The first-order chi connectivity index (χ1) is 9.69. The lowest BCUT2D eigenvalue weighted by Crippen LogP contribution is -2.29. The minimum absolute atomic E-state index is 0.0794. The van der Waals surface area contributed by atoms with Crippen molar-refractivity contribution in [2.24, 2.45) is 5.92 Å². The molecule has 1 saturated heterocycles. The van der Waals surface area contributed by atoms with Gasteiger partial charge in [0.15, 0.2) is 0 Å². The summed E-state index contributed by atoms with van der Waals surface area (Å²) >= 11 is 1.64. The average molecular weight is 293 g/mol. The van der Waals surface area contributed by atoms with Gasteiger partial charge >= 0.3 is 5.97 Å². The van der Waals surface area contributed by atoms with Crippen LogP contribution in [0.4, 0.5) is 0 Å². The van der Waals surface area contributed by atoms with Crippen molar-refractivity contribution in [3.8, 4) is 0 Å². The molecule has 2 aliphatic rings. The zero-order valence-corrected chi connectivity index (χ0v) is 12.5. The highest BCUT2D eigenvalue weighted by Crippen LogP contribution is 2.31. The molecule has 1 aromatic rings. The van der Waals surface area contributed by atoms with E-state index in [9.17, 15) is 9.59 Å². The van der Waals surface area contributed by atoms with E-state index in [0.29, 0.717) is 19.5 Å². The Morgan fingerprint density at radius 2 is 2.15 bits per heavy atom. The fraction of sp³-hybridized carbons (Fsp3) is 0.600. The van der Waals surface area contributed by atoms with Crippen molar-refractivity contribution in [2.45, 2.75) is 32.1 Å². The fourth-order valence-electron chi connectivity index (χ4n) is 3.06. The monoisotopic (exact) mass is 293 g/mol. The molecule has 0 radical (unpaired) electrons. The van der Waals surface area contributed by atoms with Gasteiger partial charge in [-0.05, 0) is 43.7 Å². The van der Waals surface area contributed by atoms with Crippen molar-refractivity contribution in [2.75, 3.05) is 20.2 Å². The predicted octanol–water partition coefficient (Wildman–Crippen LogP) is 2.26. The molecule has 1 atom stereocenters. The van der Waals surface area contributed by atoms with Crippen molar-refractivity contribution in [3.05, 3.63) is 21.4 Å². The van der Waals surface area contributed by atoms with Gasteiger partial charge in [-0.1, -0.05) is 0 Å². The van der Waals surface area contributed by atoms with Gasteiger partial charge in [-0.3, -0.25) is 9.59 Å². The van der Waals surface area contributed by atoms with E-state index in [4.69, 9.17) is 4.74 Å². The molecule has 0 N–H and O–H groups in total. The second-order valence-electron chi connectivity index (χ2n) is 5.53. The Balaban J connectivity index is 1.70. The van der Waals surface area contributed by atoms with Crippen LogP contribution in [0.1, 0.15) is 39.4 Å². The highest BCUT2D eigenvalue weighted by atomic mass is 32.1. The molecule has 0 spiro atoms. The number of thiophene rings is 1. The quantitative estimate of drug-likeness (QED) is 0.786. The molecule has 2 heterocycles. The van der Waals surface area contributed by atoms with E-state index in [-0.39, 0.29) is 17.8 Å². The number of hydrogen-bond donors (Lipinski definition) is 0. The van der Waals surface area contributed by atoms with Crippen molar-refractivity contribution in [1.29, 1.82) is 0 Å². The number of fused-ring (bicyclic) bond motifs is 1. The second-order valence-corrected chi connectivity index (χ2v) is 6.66. The summed E-state index contributed by atoms with van der Waals surface area (Å²) in [6.07, 6.45) is 5.38. The van der Waals surface area contributed by atoms with Crippen LogP contribution in [-0.2, 0) is 22.4 Å². The zero-order valence-electron chi connectivity index (χ0n) is 11.7. The molecule has 1 aliphatic heterocycles. The van der Waals surface area contributed by atoms with Crippen LogP contribution in [0.15, 0.2) is 6.07 Å². The Labute approximate surface area is 122 Å². The topological polar surface area (TPSA) is 46.6 Å². The van der Waals surface area contributed by atoms with E-state index in [1.807, 2.05) is 0 Å². The van der Waals surface area contributed by atoms with Crippen LogP contribution < -0.4 is 0 Å². The Bertz CT molecular complexity index is 514. The predicted molar refractivity (Wildman–Crippen MR) is 77.0 cm³/mol. The third kappa shape index (κ3) is 2.46. The number of aryl methyl sites for hydroxylation is 2. The summed E-state index contributed by atoms with van der Waals surface area (Å²) in [7, 11) is 1.40. The molecular weight excluding hydrogens is 274 g/mol. The lowest BCUT2D eigenvalue weighted by Gasteiger charge is -2.14. The van der Waals surface area contributed by atoms with Crippen LogP contribution in [0, 0.1) is 5.92 Å². The molecule has 0 saturated carbocycles. The Hall–Kier alpha value is -1.36. The first kappa shape index (κ1) is 13.6. The van der Waals surface area contributed by atoms with Crippen LogP contribution in [0.25, 0.3) is 0 Å². The van der Waals surface area contributed by atoms with Crippen molar-refractivity contribution in [1.82, 2.24) is 4.90 Å². The van der Waals surface area contributed by atoms with Crippen LogP contribution in [0.5, 0.6) is 0 Å². The molecule has 4 nitrogen and oxygen atoms in total. The first-order valence-corrected chi connectivity index (χ1v) is 7.99. The molecule has 0 bridgehead atoms. The standard InChI is InChI=1S/C15H19NO3S/c1-19-15(18)11-6-7-16(9-11)14(17)13-8-10-4-2-3-5-12(10)20-13/h8,11H,2-7,9H2,1H3. The first-order valence-electron chi connectivity index (χ1n) is 7.17. The molecule has 108 valence electrons. The normalized spacial score (nSPS) is 21.6. The van der Waals surface area contributed by atoms with E-state index < -0.39 is 0 Å². The van der Waals surface area contributed by atoms with E-state index in [1.54, 1.807) is 16.2 Å². The average Bonchev–Trinajstić information content (AvgIpc) is 3.12. The molecule has 1 aromatic heterocycles. The maximum atomic E-state index is 12.5. The van der Waals surface area contributed by atoms with Crippen LogP contribution in [0.3, 0.4) is 0 Å². The summed E-state index contributed by atoms with van der Waals surface area (Å²) in [5.41, 5.74) is 1.35. The fourth-order valence-corrected chi connectivity index (χ4v) is 4.28. The summed E-state index contributed by atoms with van der Waals surface area (Å²) < 4.78 is 4.76. The SMILES string of the molecule is COC(=O)C1CCN(C(=O)c2cc3c(s2)CCCC3)C1. The molecule has 1 unspecified atom stereocenters. The number of carbonyl (C=O) groups excluding carboxylic acids is 2. The number of methoxy groups -OCH3 is 1. The number of carbonyl (C=O) groups is 2. The zero-order chi connectivity index (χ0) is 14.1. The van der Waals surface area contributed by atoms with E-state index >= 15 is 0 Å². The number of esters is 1. The van der Waals surface area contributed by atoms with E-state index in [2.05, 4.69) is 6.07 Å². The molecule has 3 rings (SSSR count). The van der Waals surface area contributed by atoms with E-state index in [1.165, 1.54) is 30.4 Å². The maximum absolute atomic E-state index is 12.5. The second kappa shape index (κ2) is 5.56. The van der Waals surface area contributed by atoms with Crippen molar-refractivity contribution < 1.29 is 14.3 Å². The third-order valence-corrected chi connectivity index (χ3v) is 5.44. The highest BCUT2D eigenvalue weighted by molar-refractivity contribution is 7.14. The van der Waals surface area contributed by atoms with Crippen molar-refractivity contribution >= 4 is 23.2 Å². The molecule has 0 aromatic carbocycles. The molecule has 5 heteroatoms. The lowest BCUT2D eigenvalue weighted by atomic mass is 9.99. The summed E-state index contributed by atoms with van der Waals surface area (Å²) in [5.74, 6) is -0.278. The lowest BCUT2D eigenvalue weighted by molar-refractivity contribution is -0.144. The van der Waals surface area contributed by atoms with E-state index in [0.717, 1.165) is 17.7 Å². The van der Waals surface area contributed by atoms with Crippen LogP contribution in [0.2, 0.25) is 0 Å². The number of nitrogens with zero attached hydrogens (tertiary/aromatic N) is 1. The summed E-state index contributed by atoms with van der Waals surface area (Å²) in [6.45, 7) is 1.15. The third-order valence-electron chi connectivity index (χ3n) is 4.22. The minimum Gasteiger partial charge on any atom is -0.469 e. The Morgan fingerprint density at radius 3 is 2.90 bits per heavy atom. The molecule has 1 aliphatic carbocycles. The van der Waals surface area contributed by atoms with Gasteiger partial charge in [-0.25, -0.2) is 0 Å². The highest BCUT2D eigenvalue weighted by Gasteiger charge is 2.33. The maximum Gasteiger partial charge on any atom is 0.310 e. The molecule has 1 fully saturated rings. The molecular formula is C15H19NO3S. The van der Waals surface area contributed by atoms with Gasteiger partial charge < -0.3 is 9.64 Å². The van der Waals surface area contributed by atoms with Gasteiger partial charge in [0.25, 0.3) is 5.91 Å². The number of ether oxygens (including phenoxy) is 1. The Kier molecular flexibility index (Phi) is 3.78. The smallest absolute Gasteiger partial charge is 0.310 e. The van der Waals surface area contributed by atoms with Crippen LogP contribution >= 0.6 is 11.3 Å². The Morgan fingerprint density at radius 1 is 1.35 bits per heavy atom. The minimum atomic E-state index is -0.203. The van der Waals surface area contributed by atoms with Gasteiger partial charge in [0.2, 0.25) is 0 Å². The van der Waals surface area contributed by atoms with Crippen LogP contribution in [-0.4, -0.2) is 37.0 Å². The van der Waals surface area contributed by atoms with Gasteiger partial charge in [0.05, 0.1) is 17.9 Å². The van der Waals surface area contributed by atoms with Gasteiger partial charge in [-0.15, -0.1) is 11.3 Å². The summed E-state index contributed by atoms with van der Waals surface area (Å²) in [5, 5.41) is 0. The number of likely N-dealkylation sites (tertiary alicyclic amines) is 1. The molecule has 1 amide bonds. The summed E-state index contributed by atoms with van der Waals surface area (Å²) in [4.78, 5) is 28.0. The summed E-state index contributed by atoms with van der Waals surface area (Å²) in [6, 6.07) is 2.06. The van der Waals surface area contributed by atoms with Gasteiger partial charge in [0.1, 0.15) is 0 Å².